The van der Waals surface area contributed by atoms with Gasteiger partial charge in [-0.15, -0.1) is 22.7 Å². The van der Waals surface area contributed by atoms with Crippen LogP contribution in [0.3, 0.4) is 0 Å². The van der Waals surface area contributed by atoms with Gasteiger partial charge < -0.3 is 14.8 Å². The van der Waals surface area contributed by atoms with E-state index < -0.39 is 16.1 Å². The van der Waals surface area contributed by atoms with Crippen molar-refractivity contribution in [1.29, 1.82) is 0 Å². The summed E-state index contributed by atoms with van der Waals surface area (Å²) in [6, 6.07) is 8.07. The Labute approximate surface area is 187 Å². The molecule has 3 aromatic rings. The van der Waals surface area contributed by atoms with Crippen molar-refractivity contribution in [3.63, 3.8) is 0 Å². The van der Waals surface area contributed by atoms with Gasteiger partial charge in [0.25, 0.3) is 10.0 Å². The zero-order valence-corrected chi connectivity index (χ0v) is 18.8. The number of anilines is 1. The predicted molar refractivity (Wildman–Crippen MR) is 118 cm³/mol. The summed E-state index contributed by atoms with van der Waals surface area (Å²) in [5.74, 6) is 0.996. The number of nitrogens with one attached hydrogen (secondary N) is 1. The summed E-state index contributed by atoms with van der Waals surface area (Å²) in [5.41, 5.74) is 1.55. The van der Waals surface area contributed by atoms with Gasteiger partial charge in [-0.25, -0.2) is 13.4 Å². The number of benzene rings is 1. The van der Waals surface area contributed by atoms with E-state index in [4.69, 9.17) is 9.47 Å². The maximum Gasteiger partial charge on any atom is 0.253 e. The van der Waals surface area contributed by atoms with Gasteiger partial charge in [0.1, 0.15) is 10.3 Å². The quantitative estimate of drug-likeness (QED) is 0.601. The molecule has 1 N–H and O–H groups in total. The second kappa shape index (κ2) is 8.23. The molecule has 2 aromatic heterocycles. The van der Waals surface area contributed by atoms with Crippen molar-refractivity contribution in [1.82, 2.24) is 9.29 Å². The molecule has 0 aliphatic carbocycles. The summed E-state index contributed by atoms with van der Waals surface area (Å²) in [6.07, 6.45) is 2.02. The van der Waals surface area contributed by atoms with Crippen molar-refractivity contribution in [3.05, 3.63) is 41.1 Å². The summed E-state index contributed by atoms with van der Waals surface area (Å²) in [4.78, 5) is 17.5. The molecule has 2 aliphatic heterocycles. The van der Waals surface area contributed by atoms with Crippen LogP contribution >= 0.6 is 22.7 Å². The lowest BCUT2D eigenvalue weighted by Crippen LogP contribution is -2.49. The summed E-state index contributed by atoms with van der Waals surface area (Å²) >= 11 is 2.46. The number of nitrogens with zero attached hydrogens (tertiary/aromatic N) is 2. The van der Waals surface area contributed by atoms with Crippen LogP contribution in [0.5, 0.6) is 11.5 Å². The zero-order valence-electron chi connectivity index (χ0n) is 16.3. The highest BCUT2D eigenvalue weighted by Gasteiger charge is 2.38. The fourth-order valence-corrected chi connectivity index (χ4v) is 7.19. The average Bonchev–Trinajstić information content (AvgIpc) is 3.54. The summed E-state index contributed by atoms with van der Waals surface area (Å²) in [6.45, 7) is 0.530. The molecule has 11 heteroatoms. The van der Waals surface area contributed by atoms with Crippen LogP contribution in [0.1, 0.15) is 19.3 Å². The maximum absolute atomic E-state index is 13.0. The highest BCUT2D eigenvalue weighted by molar-refractivity contribution is 7.91. The number of aromatic nitrogens is 1. The lowest BCUT2D eigenvalue weighted by Gasteiger charge is -2.32. The molecular formula is C20H19N3O5S3. The number of thiazole rings is 1. The number of carbonyl (C=O) groups is 1. The molecule has 1 atom stereocenters. The van der Waals surface area contributed by atoms with E-state index in [2.05, 4.69) is 10.3 Å². The van der Waals surface area contributed by atoms with Gasteiger partial charge in [-0.1, -0.05) is 12.5 Å². The standard InChI is InChI=1S/C20H19N3O5S3/c24-19(15-4-1-2-8-23(15)31(25,26)18-5-3-9-29-18)22-20-21-14(11-30-20)13-6-7-16-17(10-13)28-12-27-16/h3,5-7,9-11,15H,1-2,4,8,12H2,(H,21,22,24). The number of thiophene rings is 1. The van der Waals surface area contributed by atoms with Crippen LogP contribution in [-0.4, -0.2) is 43.0 Å². The van der Waals surface area contributed by atoms with Crippen molar-refractivity contribution in [2.45, 2.75) is 29.5 Å². The molecule has 4 heterocycles. The second-order valence-corrected chi connectivity index (χ2v) is 11.1. The topological polar surface area (TPSA) is 97.8 Å². The van der Waals surface area contributed by atoms with Crippen LogP contribution in [0.15, 0.2) is 45.3 Å². The van der Waals surface area contributed by atoms with Gasteiger partial charge in [0.2, 0.25) is 12.7 Å². The first-order chi connectivity index (χ1) is 15.0. The first-order valence-electron chi connectivity index (χ1n) is 9.74. The molecule has 0 bridgehead atoms. The van der Waals surface area contributed by atoms with E-state index in [1.807, 2.05) is 23.6 Å². The Kier molecular flexibility index (Phi) is 5.42. The van der Waals surface area contributed by atoms with Crippen molar-refractivity contribution < 1.29 is 22.7 Å². The normalized spacial score (nSPS) is 18.8. The first kappa shape index (κ1) is 20.4. The minimum Gasteiger partial charge on any atom is -0.454 e. The van der Waals surface area contributed by atoms with Crippen molar-refractivity contribution >= 4 is 43.7 Å². The lowest BCUT2D eigenvalue weighted by atomic mass is 10.0. The monoisotopic (exact) mass is 477 g/mol. The summed E-state index contributed by atoms with van der Waals surface area (Å²) in [5, 5.41) is 6.80. The Morgan fingerprint density at radius 1 is 1.16 bits per heavy atom. The molecule has 0 spiro atoms. The number of carbonyl (C=O) groups excluding carboxylic acids is 1. The first-order valence-corrected chi connectivity index (χ1v) is 12.9. The molecule has 5 rings (SSSR count). The number of fused-ring (bicyclic) bond motifs is 1. The van der Waals surface area contributed by atoms with Gasteiger partial charge in [-0.2, -0.15) is 4.31 Å². The molecule has 1 saturated heterocycles. The van der Waals surface area contributed by atoms with Gasteiger partial charge in [0, 0.05) is 17.5 Å². The third kappa shape index (κ3) is 3.93. The number of rotatable bonds is 5. The molecule has 1 fully saturated rings. The fourth-order valence-electron chi connectivity index (χ4n) is 3.69. The summed E-state index contributed by atoms with van der Waals surface area (Å²) in [7, 11) is -3.70. The number of piperidine rings is 1. The second-order valence-electron chi connectivity index (χ2n) is 7.15. The highest BCUT2D eigenvalue weighted by Crippen LogP contribution is 2.37. The Bertz CT molecular complexity index is 1210. The third-order valence-electron chi connectivity index (χ3n) is 5.22. The Morgan fingerprint density at radius 3 is 2.87 bits per heavy atom. The maximum atomic E-state index is 13.0. The minimum absolute atomic E-state index is 0.198. The molecule has 31 heavy (non-hydrogen) atoms. The van der Waals surface area contributed by atoms with E-state index in [0.29, 0.717) is 35.3 Å². The van der Waals surface area contributed by atoms with Crippen LogP contribution in [-0.2, 0) is 14.8 Å². The molecular weight excluding hydrogens is 458 g/mol. The predicted octanol–water partition coefficient (Wildman–Crippen LogP) is 3.78. The Hall–Kier alpha value is -2.47. The summed E-state index contributed by atoms with van der Waals surface area (Å²) < 4.78 is 38.4. The number of hydrogen-bond donors (Lipinski definition) is 1. The van der Waals surface area contributed by atoms with Gasteiger partial charge in [-0.05, 0) is 42.5 Å². The van der Waals surface area contributed by atoms with E-state index in [9.17, 15) is 13.2 Å². The van der Waals surface area contributed by atoms with Crippen LogP contribution in [0, 0.1) is 0 Å². The van der Waals surface area contributed by atoms with Crippen molar-refractivity contribution in [3.8, 4) is 22.8 Å². The lowest BCUT2D eigenvalue weighted by molar-refractivity contribution is -0.120. The number of amides is 1. The molecule has 1 unspecified atom stereocenters. The van der Waals surface area contributed by atoms with Crippen LogP contribution in [0.2, 0.25) is 0 Å². The Morgan fingerprint density at radius 2 is 2.03 bits per heavy atom. The molecule has 1 amide bonds. The van der Waals surface area contributed by atoms with E-state index in [1.54, 1.807) is 17.5 Å². The Balaban J connectivity index is 1.34. The average molecular weight is 478 g/mol. The molecule has 0 radical (unpaired) electrons. The number of ether oxygens (including phenoxy) is 2. The van der Waals surface area contributed by atoms with Gasteiger partial charge >= 0.3 is 0 Å². The van der Waals surface area contributed by atoms with Gasteiger partial charge in [0.15, 0.2) is 16.6 Å². The van der Waals surface area contributed by atoms with Gasteiger partial charge in [0.05, 0.1) is 5.69 Å². The molecule has 162 valence electrons. The number of sulfonamides is 1. The van der Waals surface area contributed by atoms with Crippen LogP contribution in [0.4, 0.5) is 5.13 Å². The van der Waals surface area contributed by atoms with Crippen molar-refractivity contribution in [2.75, 3.05) is 18.7 Å². The number of hydrogen-bond acceptors (Lipinski definition) is 8. The largest absolute Gasteiger partial charge is 0.454 e. The van der Waals surface area contributed by atoms with Gasteiger partial charge in [-0.3, -0.25) is 4.79 Å². The highest BCUT2D eigenvalue weighted by atomic mass is 32.2. The fraction of sp³-hybridized carbons (Fsp3) is 0.300. The zero-order chi connectivity index (χ0) is 21.4. The molecule has 8 nitrogen and oxygen atoms in total. The third-order valence-corrected chi connectivity index (χ3v) is 9.26. The van der Waals surface area contributed by atoms with E-state index >= 15 is 0 Å². The van der Waals surface area contributed by atoms with E-state index in [1.165, 1.54) is 15.6 Å². The van der Waals surface area contributed by atoms with Crippen molar-refractivity contribution in [2.24, 2.45) is 0 Å². The molecule has 0 saturated carbocycles. The minimum atomic E-state index is -3.70. The SMILES string of the molecule is O=C(Nc1nc(-c2ccc3c(c2)OCO3)cs1)C1CCCCN1S(=O)(=O)c1cccs1. The van der Waals surface area contributed by atoms with Crippen LogP contribution in [0.25, 0.3) is 11.3 Å². The molecule has 2 aliphatic rings. The molecule has 1 aromatic carbocycles. The van der Waals surface area contributed by atoms with E-state index in [0.717, 1.165) is 29.7 Å². The van der Waals surface area contributed by atoms with Crippen LogP contribution < -0.4 is 14.8 Å². The van der Waals surface area contributed by atoms with E-state index in [-0.39, 0.29) is 16.9 Å². The smallest absolute Gasteiger partial charge is 0.253 e.